The van der Waals surface area contributed by atoms with E-state index in [2.05, 4.69) is 27.4 Å². The number of nitrogens with zero attached hydrogens (tertiary/aromatic N) is 3. The summed E-state index contributed by atoms with van der Waals surface area (Å²) in [6.45, 7) is 0. The monoisotopic (exact) mass is 285 g/mol. The van der Waals surface area contributed by atoms with Gasteiger partial charge in [-0.15, -0.1) is 0 Å². The molecule has 3 rings (SSSR count). The molecule has 1 aliphatic rings. The summed E-state index contributed by atoms with van der Waals surface area (Å²) in [5, 5.41) is 4.75. The van der Waals surface area contributed by atoms with Crippen LogP contribution in [0.2, 0.25) is 0 Å². The molecular formula is C16H23N5. The average molecular weight is 285 g/mol. The smallest absolute Gasteiger partial charge is 0.0644 e. The largest absolute Gasteiger partial charge is 0.271 e. The van der Waals surface area contributed by atoms with Crippen LogP contribution in [0.5, 0.6) is 0 Å². The highest BCUT2D eigenvalue weighted by molar-refractivity contribution is 5.16. The number of hydrogen-bond acceptors (Lipinski definition) is 4. The average Bonchev–Trinajstić information content (AvgIpc) is 3.03. The SMILES string of the molecule is NNC(Cc1ccn(C2CCCCC2)n1)c1cccnc1. The maximum atomic E-state index is 5.69. The van der Waals surface area contributed by atoms with E-state index in [1.807, 2.05) is 18.3 Å². The van der Waals surface area contributed by atoms with E-state index in [0.717, 1.165) is 17.7 Å². The molecule has 112 valence electrons. The van der Waals surface area contributed by atoms with Crippen molar-refractivity contribution in [2.75, 3.05) is 0 Å². The van der Waals surface area contributed by atoms with E-state index in [9.17, 15) is 0 Å². The van der Waals surface area contributed by atoms with E-state index in [1.165, 1.54) is 32.1 Å². The number of pyridine rings is 1. The standard InChI is InChI=1S/C16H23N5/c17-19-16(13-5-4-9-18-12-13)11-14-8-10-21(20-14)15-6-2-1-3-7-15/h4-5,8-10,12,15-16,19H,1-3,6-7,11,17H2. The van der Waals surface area contributed by atoms with Crippen molar-refractivity contribution in [1.29, 1.82) is 0 Å². The van der Waals surface area contributed by atoms with Gasteiger partial charge in [0.05, 0.1) is 17.8 Å². The number of hydrazine groups is 1. The number of nitrogens with one attached hydrogen (secondary N) is 1. The van der Waals surface area contributed by atoms with E-state index in [1.54, 1.807) is 6.20 Å². The molecule has 2 heterocycles. The number of aromatic nitrogens is 3. The maximum absolute atomic E-state index is 5.69. The molecule has 0 bridgehead atoms. The van der Waals surface area contributed by atoms with Gasteiger partial charge in [-0.1, -0.05) is 25.3 Å². The zero-order valence-electron chi connectivity index (χ0n) is 12.3. The molecule has 2 aromatic rings. The number of nitrogens with two attached hydrogens (primary N) is 1. The Morgan fingerprint density at radius 2 is 2.14 bits per heavy atom. The highest BCUT2D eigenvalue weighted by Crippen LogP contribution is 2.27. The lowest BCUT2D eigenvalue weighted by Gasteiger charge is -2.22. The third-order valence-electron chi connectivity index (χ3n) is 4.31. The summed E-state index contributed by atoms with van der Waals surface area (Å²) in [6.07, 6.45) is 13.0. The van der Waals surface area contributed by atoms with Gasteiger partial charge in [-0.3, -0.25) is 20.9 Å². The third kappa shape index (κ3) is 3.49. The fourth-order valence-corrected chi connectivity index (χ4v) is 3.10. The van der Waals surface area contributed by atoms with Gasteiger partial charge in [0.2, 0.25) is 0 Å². The molecule has 21 heavy (non-hydrogen) atoms. The van der Waals surface area contributed by atoms with Gasteiger partial charge in [-0.2, -0.15) is 5.10 Å². The van der Waals surface area contributed by atoms with Crippen molar-refractivity contribution in [3.8, 4) is 0 Å². The van der Waals surface area contributed by atoms with Crippen molar-refractivity contribution < 1.29 is 0 Å². The van der Waals surface area contributed by atoms with Crippen molar-refractivity contribution in [3.05, 3.63) is 48.0 Å². The molecule has 3 N–H and O–H groups in total. The van der Waals surface area contributed by atoms with Crippen molar-refractivity contribution in [2.24, 2.45) is 5.84 Å². The number of rotatable bonds is 5. The molecule has 1 unspecified atom stereocenters. The third-order valence-corrected chi connectivity index (χ3v) is 4.31. The summed E-state index contributed by atoms with van der Waals surface area (Å²) in [5.41, 5.74) is 5.03. The van der Waals surface area contributed by atoms with Crippen LogP contribution in [-0.4, -0.2) is 14.8 Å². The molecule has 0 aromatic carbocycles. The fourth-order valence-electron chi connectivity index (χ4n) is 3.10. The maximum Gasteiger partial charge on any atom is 0.0644 e. The van der Waals surface area contributed by atoms with Crippen LogP contribution in [0.4, 0.5) is 0 Å². The molecular weight excluding hydrogens is 262 g/mol. The lowest BCUT2D eigenvalue weighted by atomic mass is 9.96. The molecule has 1 atom stereocenters. The minimum Gasteiger partial charge on any atom is -0.271 e. The molecule has 0 amide bonds. The highest BCUT2D eigenvalue weighted by Gasteiger charge is 2.17. The highest BCUT2D eigenvalue weighted by atomic mass is 15.3. The van der Waals surface area contributed by atoms with Crippen LogP contribution in [0.25, 0.3) is 0 Å². The molecule has 0 aliphatic heterocycles. The predicted molar refractivity (Wildman–Crippen MR) is 82.4 cm³/mol. The molecule has 1 aliphatic carbocycles. The van der Waals surface area contributed by atoms with Crippen molar-refractivity contribution in [3.63, 3.8) is 0 Å². The van der Waals surface area contributed by atoms with Gasteiger partial charge in [0.25, 0.3) is 0 Å². The molecule has 0 radical (unpaired) electrons. The first kappa shape index (κ1) is 14.2. The van der Waals surface area contributed by atoms with Gasteiger partial charge in [0.15, 0.2) is 0 Å². The summed E-state index contributed by atoms with van der Waals surface area (Å²) in [5.74, 6) is 5.69. The quantitative estimate of drug-likeness (QED) is 0.654. The second-order valence-electron chi connectivity index (χ2n) is 5.79. The Morgan fingerprint density at radius 1 is 1.29 bits per heavy atom. The molecule has 1 fully saturated rings. The molecule has 0 spiro atoms. The Balaban J connectivity index is 1.68. The lowest BCUT2D eigenvalue weighted by molar-refractivity contribution is 0.327. The minimum atomic E-state index is 0.0494. The van der Waals surface area contributed by atoms with Crippen LogP contribution in [0, 0.1) is 0 Å². The summed E-state index contributed by atoms with van der Waals surface area (Å²) in [4.78, 5) is 4.15. The van der Waals surface area contributed by atoms with Gasteiger partial charge >= 0.3 is 0 Å². The fraction of sp³-hybridized carbons (Fsp3) is 0.500. The topological polar surface area (TPSA) is 68.8 Å². The van der Waals surface area contributed by atoms with Crippen molar-refractivity contribution >= 4 is 0 Å². The van der Waals surface area contributed by atoms with E-state index < -0.39 is 0 Å². The van der Waals surface area contributed by atoms with E-state index >= 15 is 0 Å². The molecule has 5 heteroatoms. The summed E-state index contributed by atoms with van der Waals surface area (Å²) >= 11 is 0. The van der Waals surface area contributed by atoms with Crippen LogP contribution in [0.15, 0.2) is 36.8 Å². The van der Waals surface area contributed by atoms with Crippen molar-refractivity contribution in [1.82, 2.24) is 20.2 Å². The van der Waals surface area contributed by atoms with Gasteiger partial charge in [0.1, 0.15) is 0 Å². The first-order valence-electron chi connectivity index (χ1n) is 7.77. The van der Waals surface area contributed by atoms with Crippen LogP contribution in [0.1, 0.15) is 55.4 Å². The van der Waals surface area contributed by atoms with Crippen LogP contribution in [-0.2, 0) is 6.42 Å². The van der Waals surface area contributed by atoms with Crippen LogP contribution in [0.3, 0.4) is 0 Å². The minimum absolute atomic E-state index is 0.0494. The Bertz CT molecular complexity index is 545. The van der Waals surface area contributed by atoms with Gasteiger partial charge in [0, 0.05) is 25.0 Å². The zero-order valence-corrected chi connectivity index (χ0v) is 12.3. The molecule has 1 saturated carbocycles. The Morgan fingerprint density at radius 3 is 2.86 bits per heavy atom. The second-order valence-corrected chi connectivity index (χ2v) is 5.79. The molecule has 5 nitrogen and oxygen atoms in total. The Hall–Kier alpha value is -1.72. The summed E-state index contributed by atoms with van der Waals surface area (Å²) < 4.78 is 2.14. The Kier molecular flexibility index (Phi) is 4.62. The number of hydrogen-bond donors (Lipinski definition) is 2. The summed E-state index contributed by atoms with van der Waals surface area (Å²) in [6, 6.07) is 6.70. The first-order chi connectivity index (χ1) is 10.4. The van der Waals surface area contributed by atoms with Crippen molar-refractivity contribution in [2.45, 2.75) is 50.6 Å². The molecule has 2 aromatic heterocycles. The lowest BCUT2D eigenvalue weighted by Crippen LogP contribution is -2.29. The summed E-state index contributed by atoms with van der Waals surface area (Å²) in [7, 11) is 0. The van der Waals surface area contributed by atoms with Crippen LogP contribution < -0.4 is 11.3 Å². The van der Waals surface area contributed by atoms with Crippen LogP contribution >= 0.6 is 0 Å². The zero-order chi connectivity index (χ0) is 14.5. The predicted octanol–water partition coefficient (Wildman–Crippen LogP) is 2.53. The first-order valence-corrected chi connectivity index (χ1v) is 7.77. The normalized spacial score (nSPS) is 17.8. The van der Waals surface area contributed by atoms with E-state index in [0.29, 0.717) is 6.04 Å². The van der Waals surface area contributed by atoms with E-state index in [4.69, 9.17) is 10.9 Å². The van der Waals surface area contributed by atoms with E-state index in [-0.39, 0.29) is 6.04 Å². The van der Waals surface area contributed by atoms with Gasteiger partial charge in [-0.05, 0) is 30.5 Å². The second kappa shape index (κ2) is 6.83. The molecule has 0 saturated heterocycles. The van der Waals surface area contributed by atoms with Gasteiger partial charge < -0.3 is 0 Å². The Labute approximate surface area is 125 Å². The van der Waals surface area contributed by atoms with Gasteiger partial charge in [-0.25, -0.2) is 0 Å².